The van der Waals surface area contributed by atoms with Gasteiger partial charge in [0.15, 0.2) is 6.39 Å². The third-order valence-electron chi connectivity index (χ3n) is 2.05. The van der Waals surface area contributed by atoms with Crippen molar-refractivity contribution in [3.8, 4) is 0 Å². The largest absolute Gasteiger partial charge is 0.470 e. The summed E-state index contributed by atoms with van der Waals surface area (Å²) in [7, 11) is 0. The van der Waals surface area contributed by atoms with Gasteiger partial charge in [0.25, 0.3) is 0 Å². The summed E-state index contributed by atoms with van der Waals surface area (Å²) in [6, 6.07) is 1.88. The number of furan rings is 1. The van der Waals surface area contributed by atoms with Gasteiger partial charge < -0.3 is 14.2 Å². The van der Waals surface area contributed by atoms with Crippen LogP contribution in [0.4, 0.5) is 5.69 Å². The average molecular weight is 192 g/mol. The van der Waals surface area contributed by atoms with E-state index in [-0.39, 0.29) is 0 Å². The molecule has 2 heterocycles. The van der Waals surface area contributed by atoms with Crippen molar-refractivity contribution in [1.29, 1.82) is 0 Å². The molecule has 74 valence electrons. The molecular formula is C10H12N2O2. The number of anilines is 1. The summed E-state index contributed by atoms with van der Waals surface area (Å²) in [6.07, 6.45) is 5.62. The van der Waals surface area contributed by atoms with Crippen LogP contribution < -0.4 is 5.32 Å². The predicted molar refractivity (Wildman–Crippen MR) is 52.1 cm³/mol. The normalized spacial score (nSPS) is 10.4. The molecule has 0 aliphatic rings. The number of nitrogens with one attached hydrogen (secondary N) is 1. The van der Waals surface area contributed by atoms with Crippen LogP contribution >= 0.6 is 0 Å². The number of aryl methyl sites for hydroxylation is 1. The lowest BCUT2D eigenvalue weighted by Crippen LogP contribution is -2.04. The molecule has 0 saturated carbocycles. The smallest absolute Gasteiger partial charge is 0.181 e. The third-order valence-corrected chi connectivity index (χ3v) is 2.05. The van der Waals surface area contributed by atoms with Crippen molar-refractivity contribution in [2.75, 3.05) is 11.9 Å². The number of nitrogens with zero attached hydrogens (tertiary/aromatic N) is 1. The zero-order valence-electron chi connectivity index (χ0n) is 7.99. The molecule has 0 bridgehead atoms. The minimum absolute atomic E-state index is 0.815. The number of oxazole rings is 1. The Labute approximate surface area is 81.9 Å². The van der Waals surface area contributed by atoms with Crippen molar-refractivity contribution in [2.45, 2.75) is 13.3 Å². The lowest BCUT2D eigenvalue weighted by atomic mass is 10.3. The maximum atomic E-state index is 5.21. The summed E-state index contributed by atoms with van der Waals surface area (Å²) in [5.41, 5.74) is 1.95. The highest BCUT2D eigenvalue weighted by Crippen LogP contribution is 2.08. The Morgan fingerprint density at radius 3 is 3.07 bits per heavy atom. The molecule has 2 rings (SSSR count). The van der Waals surface area contributed by atoms with Gasteiger partial charge in [-0.15, -0.1) is 0 Å². The second kappa shape index (κ2) is 4.00. The van der Waals surface area contributed by atoms with Crippen molar-refractivity contribution in [2.24, 2.45) is 0 Å². The van der Waals surface area contributed by atoms with E-state index in [9.17, 15) is 0 Å². The Kier molecular flexibility index (Phi) is 2.53. The van der Waals surface area contributed by atoms with E-state index in [2.05, 4.69) is 10.3 Å². The molecule has 0 aliphatic carbocycles. The first-order valence-corrected chi connectivity index (χ1v) is 4.51. The first-order chi connectivity index (χ1) is 6.86. The van der Waals surface area contributed by atoms with Crippen molar-refractivity contribution in [3.05, 3.63) is 36.4 Å². The zero-order valence-corrected chi connectivity index (χ0v) is 7.99. The number of hydrogen-bond acceptors (Lipinski definition) is 4. The Morgan fingerprint density at radius 1 is 1.50 bits per heavy atom. The van der Waals surface area contributed by atoms with Crippen LogP contribution in [-0.2, 0) is 6.42 Å². The standard InChI is InChI=1S/C10H12N2O2/c1-8-10(14-7-12-8)2-4-11-9-3-5-13-6-9/h3,5-7,11H,2,4H2,1H3. The fraction of sp³-hybridized carbons (Fsp3) is 0.300. The molecule has 2 aromatic heterocycles. The fourth-order valence-electron chi connectivity index (χ4n) is 1.25. The third kappa shape index (κ3) is 1.96. The average Bonchev–Trinajstić information content (AvgIpc) is 2.78. The quantitative estimate of drug-likeness (QED) is 0.807. The van der Waals surface area contributed by atoms with Crippen molar-refractivity contribution < 1.29 is 8.83 Å². The predicted octanol–water partition coefficient (Wildman–Crippen LogP) is 2.23. The molecule has 0 amide bonds. The van der Waals surface area contributed by atoms with Crippen molar-refractivity contribution in [3.63, 3.8) is 0 Å². The van der Waals surface area contributed by atoms with Crippen LogP contribution in [0.2, 0.25) is 0 Å². The summed E-state index contributed by atoms with van der Waals surface area (Å²) in [5.74, 6) is 0.931. The fourth-order valence-corrected chi connectivity index (χ4v) is 1.25. The second-order valence-corrected chi connectivity index (χ2v) is 3.05. The van der Waals surface area contributed by atoms with Gasteiger partial charge >= 0.3 is 0 Å². The maximum absolute atomic E-state index is 5.21. The minimum atomic E-state index is 0.815. The molecule has 0 aliphatic heterocycles. The summed E-state index contributed by atoms with van der Waals surface area (Å²) < 4.78 is 10.1. The van der Waals surface area contributed by atoms with Gasteiger partial charge in [-0.25, -0.2) is 4.98 Å². The molecular weight excluding hydrogens is 180 g/mol. The molecule has 0 radical (unpaired) electrons. The monoisotopic (exact) mass is 192 g/mol. The van der Waals surface area contributed by atoms with E-state index in [1.165, 1.54) is 6.39 Å². The van der Waals surface area contributed by atoms with Gasteiger partial charge in [-0.2, -0.15) is 0 Å². The first kappa shape index (κ1) is 8.87. The summed E-state index contributed by atoms with van der Waals surface area (Å²) in [4.78, 5) is 4.02. The highest BCUT2D eigenvalue weighted by molar-refractivity contribution is 5.38. The molecule has 1 N–H and O–H groups in total. The Morgan fingerprint density at radius 2 is 2.43 bits per heavy atom. The number of aromatic nitrogens is 1. The van der Waals surface area contributed by atoms with E-state index in [1.54, 1.807) is 12.5 Å². The number of rotatable bonds is 4. The lowest BCUT2D eigenvalue weighted by Gasteiger charge is -2.00. The van der Waals surface area contributed by atoms with Crippen LogP contribution in [0.25, 0.3) is 0 Å². The topological polar surface area (TPSA) is 51.2 Å². The van der Waals surface area contributed by atoms with Crippen LogP contribution in [0.3, 0.4) is 0 Å². The first-order valence-electron chi connectivity index (χ1n) is 4.51. The van der Waals surface area contributed by atoms with Gasteiger partial charge in [-0.1, -0.05) is 0 Å². The van der Waals surface area contributed by atoms with E-state index >= 15 is 0 Å². The van der Waals surface area contributed by atoms with Gasteiger partial charge in [0.05, 0.1) is 17.6 Å². The van der Waals surface area contributed by atoms with Gasteiger partial charge in [-0.05, 0) is 13.0 Å². The van der Waals surface area contributed by atoms with Crippen LogP contribution in [0.1, 0.15) is 11.5 Å². The van der Waals surface area contributed by atoms with Crippen LogP contribution in [0.15, 0.2) is 33.8 Å². The van der Waals surface area contributed by atoms with Gasteiger partial charge in [0, 0.05) is 13.0 Å². The van der Waals surface area contributed by atoms with E-state index in [0.29, 0.717) is 0 Å². The van der Waals surface area contributed by atoms with Gasteiger partial charge in [0.2, 0.25) is 0 Å². The molecule has 0 unspecified atom stereocenters. The van der Waals surface area contributed by atoms with Crippen molar-refractivity contribution in [1.82, 2.24) is 4.98 Å². The summed E-state index contributed by atoms with van der Waals surface area (Å²) in [5, 5.41) is 3.21. The SMILES string of the molecule is Cc1ncoc1CCNc1ccoc1. The zero-order chi connectivity index (χ0) is 9.80. The van der Waals surface area contributed by atoms with Gasteiger partial charge in [-0.3, -0.25) is 0 Å². The van der Waals surface area contributed by atoms with E-state index in [4.69, 9.17) is 8.83 Å². The van der Waals surface area contributed by atoms with Crippen molar-refractivity contribution >= 4 is 5.69 Å². The van der Waals surface area contributed by atoms with Crippen LogP contribution in [-0.4, -0.2) is 11.5 Å². The van der Waals surface area contributed by atoms with Gasteiger partial charge in [0.1, 0.15) is 12.0 Å². The van der Waals surface area contributed by atoms with Crippen LogP contribution in [0.5, 0.6) is 0 Å². The Hall–Kier alpha value is -1.71. The molecule has 0 saturated heterocycles. The minimum Gasteiger partial charge on any atom is -0.470 e. The maximum Gasteiger partial charge on any atom is 0.181 e. The molecule has 0 spiro atoms. The van der Waals surface area contributed by atoms with E-state index in [0.717, 1.165) is 30.1 Å². The Balaban J connectivity index is 1.81. The molecule has 0 fully saturated rings. The summed E-state index contributed by atoms with van der Waals surface area (Å²) >= 11 is 0. The lowest BCUT2D eigenvalue weighted by molar-refractivity contribution is 0.505. The highest BCUT2D eigenvalue weighted by atomic mass is 16.3. The number of hydrogen-bond donors (Lipinski definition) is 1. The van der Waals surface area contributed by atoms with E-state index in [1.807, 2.05) is 13.0 Å². The molecule has 0 aromatic carbocycles. The van der Waals surface area contributed by atoms with E-state index < -0.39 is 0 Å². The van der Waals surface area contributed by atoms with Crippen LogP contribution in [0, 0.1) is 6.92 Å². The molecule has 0 atom stereocenters. The molecule has 14 heavy (non-hydrogen) atoms. The molecule has 2 aromatic rings. The second-order valence-electron chi connectivity index (χ2n) is 3.05. The molecule has 4 heteroatoms. The highest BCUT2D eigenvalue weighted by Gasteiger charge is 2.02. The Bertz CT molecular complexity index is 378. The molecule has 4 nitrogen and oxygen atoms in total. The summed E-state index contributed by atoms with van der Waals surface area (Å²) in [6.45, 7) is 2.76.